The number of nitrogens with two attached hydrogens (primary N) is 1. The number of carbonyl (C=O) groups excluding carboxylic acids is 2. The number of nitrogen functional groups attached to an aromatic ring is 1. The zero-order valence-corrected chi connectivity index (χ0v) is 35.6. The predicted octanol–water partition coefficient (Wildman–Crippen LogP) is 10.9. The average Bonchev–Trinajstić information content (AvgIpc) is 3.48. The van der Waals surface area contributed by atoms with E-state index in [1.54, 1.807) is 12.1 Å². The van der Waals surface area contributed by atoms with Gasteiger partial charge in [-0.05, 0) is 158 Å². The second kappa shape index (κ2) is 13.8. The number of carbonyl (C=O) groups is 2. The zero-order chi connectivity index (χ0) is 40.3. The topological polar surface area (TPSA) is 113 Å². The number of fused-ring (bicyclic) bond motifs is 5. The zero-order valence-electron chi connectivity index (χ0n) is 35.6. The molecule has 6 aliphatic carbocycles. The molecule has 7 aliphatic rings. The first kappa shape index (κ1) is 39.5. The van der Waals surface area contributed by atoms with Gasteiger partial charge in [0.15, 0.2) is 5.78 Å². The van der Waals surface area contributed by atoms with Gasteiger partial charge in [-0.3, -0.25) is 9.59 Å². The number of rotatable bonds is 8. The first-order chi connectivity index (χ1) is 27.0. The van der Waals surface area contributed by atoms with Gasteiger partial charge < -0.3 is 20.7 Å². The van der Waals surface area contributed by atoms with Crippen LogP contribution in [0.25, 0.3) is 0 Å². The third-order valence-corrected chi connectivity index (χ3v) is 18.7. The number of aromatic hydroxyl groups is 1. The third-order valence-electron chi connectivity index (χ3n) is 18.7. The molecule has 0 spiro atoms. The van der Waals surface area contributed by atoms with Crippen molar-refractivity contribution in [1.82, 2.24) is 0 Å². The number of benzene rings is 2. The van der Waals surface area contributed by atoms with E-state index in [2.05, 4.69) is 59.7 Å². The van der Waals surface area contributed by atoms with Gasteiger partial charge in [0.05, 0.1) is 11.7 Å². The van der Waals surface area contributed by atoms with E-state index >= 15 is 0 Å². The van der Waals surface area contributed by atoms with Crippen LogP contribution in [-0.4, -0.2) is 39.6 Å². The lowest BCUT2D eigenvalue weighted by atomic mass is 9.35. The van der Waals surface area contributed by atoms with Crippen LogP contribution >= 0.6 is 0 Å². The number of hydrogen-bond acceptors (Lipinski definition) is 6. The van der Waals surface area contributed by atoms with Crippen LogP contribution in [0.2, 0.25) is 0 Å². The lowest BCUT2D eigenvalue weighted by Gasteiger charge is -2.68. The molecule has 308 valence electrons. The maximum Gasteiger partial charge on any atom is 0.160 e. The summed E-state index contributed by atoms with van der Waals surface area (Å²) in [7, 11) is 0. The highest BCUT2D eigenvalue weighted by Crippen LogP contribution is 2.75. The van der Waals surface area contributed by atoms with Crippen molar-refractivity contribution in [2.45, 2.75) is 167 Å². The first-order valence-corrected chi connectivity index (χ1v) is 22.8. The fraction of sp³-hybridized carbons (Fsp3) is 0.686. The molecule has 5 saturated carbocycles. The van der Waals surface area contributed by atoms with Gasteiger partial charge in [0, 0.05) is 28.9 Å². The van der Waals surface area contributed by atoms with Gasteiger partial charge in [-0.25, -0.2) is 0 Å². The molecule has 12 atom stereocenters. The van der Waals surface area contributed by atoms with E-state index in [0.717, 1.165) is 81.0 Å². The van der Waals surface area contributed by atoms with Gasteiger partial charge in [0.25, 0.3) is 0 Å². The maximum absolute atomic E-state index is 14.9. The lowest BCUT2D eigenvalue weighted by molar-refractivity contribution is -0.183. The van der Waals surface area contributed by atoms with Crippen molar-refractivity contribution in [1.29, 1.82) is 0 Å². The molecular formula is C51H69NO5. The van der Waals surface area contributed by atoms with E-state index in [-0.39, 0.29) is 51.5 Å². The van der Waals surface area contributed by atoms with Gasteiger partial charge >= 0.3 is 0 Å². The van der Waals surface area contributed by atoms with Crippen LogP contribution in [0.1, 0.15) is 161 Å². The number of anilines is 1. The number of epoxide rings is 1. The largest absolute Gasteiger partial charge is 0.508 e. The van der Waals surface area contributed by atoms with E-state index < -0.39 is 11.5 Å². The maximum atomic E-state index is 14.9. The minimum atomic E-state index is -0.616. The van der Waals surface area contributed by atoms with Crippen LogP contribution in [0.5, 0.6) is 5.75 Å². The fourth-order valence-electron chi connectivity index (χ4n) is 15.8. The number of phenols is 1. The summed E-state index contributed by atoms with van der Waals surface area (Å²) in [4.78, 5) is 29.2. The molecule has 4 N–H and O–H groups in total. The van der Waals surface area contributed by atoms with Gasteiger partial charge in [0.2, 0.25) is 0 Å². The molecule has 0 unspecified atom stereocenters. The monoisotopic (exact) mass is 776 g/mol. The SMILES string of the molecule is CC1(C)C(=O)[C@@H](c2cccc(O)c2)C[C@]2(C)[C@@H]1CC[C@@]1(C)[C@@H]2CCC2=C([C@@H](C[C@@H](O)[C@@H]3O[C@]3(C)[C@@H]3CCC[C@@H]3c3cccc(N)c3)C3CCCCC3)C(=O)C[C@@]21C. The number of ether oxygens (including phenoxy) is 1. The molecule has 6 fully saturated rings. The summed E-state index contributed by atoms with van der Waals surface area (Å²) in [6.07, 6.45) is 14.3. The molecule has 2 aromatic rings. The summed E-state index contributed by atoms with van der Waals surface area (Å²) in [6.45, 7) is 14.0. The van der Waals surface area contributed by atoms with Crippen LogP contribution in [0.3, 0.4) is 0 Å². The number of Topliss-reactive ketones (excluding diaryl/α,β-unsaturated/α-hetero) is 2. The number of hydrogen-bond donors (Lipinski definition) is 3. The molecular weight excluding hydrogens is 707 g/mol. The Morgan fingerprint density at radius 2 is 1.58 bits per heavy atom. The quantitative estimate of drug-likeness (QED) is 0.182. The Morgan fingerprint density at radius 3 is 2.32 bits per heavy atom. The number of aliphatic hydroxyl groups is 1. The number of allylic oxidation sites excluding steroid dienone is 2. The smallest absolute Gasteiger partial charge is 0.160 e. The molecule has 0 amide bonds. The highest BCUT2D eigenvalue weighted by atomic mass is 16.6. The highest BCUT2D eigenvalue weighted by Gasteiger charge is 2.69. The summed E-state index contributed by atoms with van der Waals surface area (Å²) in [6, 6.07) is 15.7. The standard InChI is InChI=1S/C51H69NO5/c1-47(2)42-23-24-49(4)43(48(42,3)28-37(45(47)56)32-16-11-18-34(53)26-32)22-21-39-44(41(55)29-50(39,49)5)36(30-13-8-7-9-14-30)27-40(54)46-51(6,57-46)38-20-12-19-35(38)31-15-10-17-33(52)25-31/h10-11,15-18,25-26,30,35-38,40,42-43,46,53-54H,7-9,12-14,19-24,27-29,52H2,1-6H3/t35-,36+,37-,38-,40-,42-,43-,46+,48-,49+,50+,51-/m1/s1. The van der Waals surface area contributed by atoms with Crippen LogP contribution < -0.4 is 5.73 Å². The molecule has 0 bridgehead atoms. The predicted molar refractivity (Wildman–Crippen MR) is 226 cm³/mol. The normalized spacial score (nSPS) is 41.3. The second-order valence-corrected chi connectivity index (χ2v) is 21.7. The van der Waals surface area contributed by atoms with E-state index in [1.165, 1.54) is 30.4 Å². The molecule has 1 heterocycles. The van der Waals surface area contributed by atoms with Gasteiger partial charge in [-0.15, -0.1) is 0 Å². The summed E-state index contributed by atoms with van der Waals surface area (Å²) in [5.74, 6) is 2.42. The van der Waals surface area contributed by atoms with Crippen molar-refractivity contribution in [2.24, 2.45) is 51.2 Å². The Hall–Kier alpha value is -2.96. The number of ketones is 2. The lowest BCUT2D eigenvalue weighted by Crippen LogP contribution is -2.63. The van der Waals surface area contributed by atoms with Crippen molar-refractivity contribution in [3.05, 3.63) is 70.8 Å². The van der Waals surface area contributed by atoms with E-state index in [1.807, 2.05) is 18.2 Å². The summed E-state index contributed by atoms with van der Waals surface area (Å²) in [5.41, 5.74) is 10.5. The van der Waals surface area contributed by atoms with Crippen molar-refractivity contribution < 1.29 is 24.5 Å². The summed E-state index contributed by atoms with van der Waals surface area (Å²) in [5, 5.41) is 22.7. The Kier molecular flexibility index (Phi) is 9.56. The van der Waals surface area contributed by atoms with E-state index in [4.69, 9.17) is 10.5 Å². The molecule has 2 aromatic carbocycles. The van der Waals surface area contributed by atoms with Gasteiger partial charge in [-0.1, -0.05) is 90.1 Å². The number of phenolic OH excluding ortho intramolecular Hbond substituents is 1. The van der Waals surface area contributed by atoms with Crippen molar-refractivity contribution >= 4 is 17.3 Å². The van der Waals surface area contributed by atoms with Crippen molar-refractivity contribution in [2.75, 3.05) is 5.73 Å². The molecule has 0 radical (unpaired) electrons. The minimum absolute atomic E-state index is 0.0554. The molecule has 6 nitrogen and oxygen atoms in total. The first-order valence-electron chi connectivity index (χ1n) is 22.8. The fourth-order valence-corrected chi connectivity index (χ4v) is 15.8. The molecule has 1 saturated heterocycles. The molecule has 1 aliphatic heterocycles. The molecule has 0 aromatic heterocycles. The second-order valence-electron chi connectivity index (χ2n) is 21.7. The summed E-state index contributed by atoms with van der Waals surface area (Å²) < 4.78 is 6.64. The molecule has 6 heteroatoms. The minimum Gasteiger partial charge on any atom is -0.508 e. The average molecular weight is 776 g/mol. The molecule has 57 heavy (non-hydrogen) atoms. The number of aliphatic hydroxyl groups excluding tert-OH is 1. The van der Waals surface area contributed by atoms with E-state index in [9.17, 15) is 19.8 Å². The summed E-state index contributed by atoms with van der Waals surface area (Å²) >= 11 is 0. The Morgan fingerprint density at radius 1 is 0.842 bits per heavy atom. The van der Waals surface area contributed by atoms with Gasteiger partial charge in [-0.2, -0.15) is 0 Å². The Balaban J connectivity index is 1.02. The molecule has 9 rings (SSSR count). The van der Waals surface area contributed by atoms with Crippen LogP contribution in [-0.2, 0) is 14.3 Å². The van der Waals surface area contributed by atoms with Crippen LogP contribution in [0.15, 0.2) is 59.7 Å². The van der Waals surface area contributed by atoms with E-state index in [0.29, 0.717) is 48.1 Å². The van der Waals surface area contributed by atoms with Crippen molar-refractivity contribution in [3.63, 3.8) is 0 Å². The highest BCUT2D eigenvalue weighted by molar-refractivity contribution is 6.01. The van der Waals surface area contributed by atoms with Crippen molar-refractivity contribution in [3.8, 4) is 5.75 Å². The van der Waals surface area contributed by atoms with Crippen LogP contribution in [0.4, 0.5) is 5.69 Å². The Bertz CT molecular complexity index is 1960. The van der Waals surface area contributed by atoms with Gasteiger partial charge in [0.1, 0.15) is 17.6 Å². The Labute approximate surface area is 341 Å². The van der Waals surface area contributed by atoms with Crippen LogP contribution in [0, 0.1) is 51.2 Å². The third kappa shape index (κ3) is 5.98.